The second-order valence-electron chi connectivity index (χ2n) is 4.51. The maximum absolute atomic E-state index is 5.86. The fourth-order valence-corrected chi connectivity index (χ4v) is 2.17. The summed E-state index contributed by atoms with van der Waals surface area (Å²) >= 11 is 0. The number of ether oxygens (including phenoxy) is 1. The molecule has 0 saturated carbocycles. The molecule has 0 amide bonds. The summed E-state index contributed by atoms with van der Waals surface area (Å²) in [5.41, 5.74) is 1.05. The number of nitrogens with zero attached hydrogens (tertiary/aromatic N) is 2. The van der Waals surface area contributed by atoms with Gasteiger partial charge in [0.15, 0.2) is 5.75 Å². The number of rotatable bonds is 3. The molecule has 1 saturated heterocycles. The Bertz CT molecular complexity index is 489. The van der Waals surface area contributed by atoms with Crippen LogP contribution in [0.2, 0.25) is 0 Å². The summed E-state index contributed by atoms with van der Waals surface area (Å²) in [4.78, 5) is 0. The first-order valence-electron chi connectivity index (χ1n) is 6.42. The fraction of sp³-hybridized carbons (Fsp3) is 0.357. The number of aromatic nitrogens is 2. The van der Waals surface area contributed by atoms with Gasteiger partial charge in [0.1, 0.15) is 6.23 Å². The average Bonchev–Trinajstić information content (AvgIpc) is 2.89. The second-order valence-corrected chi connectivity index (χ2v) is 4.51. The molecule has 1 aromatic heterocycles. The minimum Gasteiger partial charge on any atom is -0.472 e. The third-order valence-electron chi connectivity index (χ3n) is 3.12. The van der Waals surface area contributed by atoms with E-state index < -0.39 is 0 Å². The molecule has 1 aromatic carbocycles. The predicted molar refractivity (Wildman–Crippen MR) is 69.8 cm³/mol. The minimum absolute atomic E-state index is 0.132. The Kier molecular flexibility index (Phi) is 3.28. The zero-order chi connectivity index (χ0) is 12.2. The quantitative estimate of drug-likeness (QED) is 0.899. The standard InChI is InChI=1S/C14H17N3O/c1-2-6-12(7-3-1)17-11-13(10-16-17)18-14-8-4-5-9-15-14/h1-3,6-7,10-11,14-15H,4-5,8-9H2. The van der Waals surface area contributed by atoms with E-state index >= 15 is 0 Å². The molecule has 0 spiro atoms. The van der Waals surface area contributed by atoms with Gasteiger partial charge in [0.25, 0.3) is 0 Å². The maximum Gasteiger partial charge on any atom is 0.160 e. The molecule has 94 valence electrons. The topological polar surface area (TPSA) is 39.1 Å². The van der Waals surface area contributed by atoms with Crippen LogP contribution in [0.25, 0.3) is 5.69 Å². The van der Waals surface area contributed by atoms with E-state index in [4.69, 9.17) is 4.74 Å². The van der Waals surface area contributed by atoms with E-state index in [9.17, 15) is 0 Å². The molecule has 1 fully saturated rings. The van der Waals surface area contributed by atoms with E-state index in [1.807, 2.05) is 41.2 Å². The second kappa shape index (κ2) is 5.23. The summed E-state index contributed by atoms with van der Waals surface area (Å²) in [5.74, 6) is 0.818. The molecule has 4 nitrogen and oxygen atoms in total. The van der Waals surface area contributed by atoms with Crippen molar-refractivity contribution in [1.29, 1.82) is 0 Å². The van der Waals surface area contributed by atoms with Gasteiger partial charge in [-0.2, -0.15) is 5.10 Å². The van der Waals surface area contributed by atoms with Crippen molar-refractivity contribution in [3.8, 4) is 11.4 Å². The first-order chi connectivity index (χ1) is 8.92. The highest BCUT2D eigenvalue weighted by molar-refractivity contribution is 5.32. The molecule has 4 heteroatoms. The van der Waals surface area contributed by atoms with Crippen molar-refractivity contribution in [3.05, 3.63) is 42.7 Å². The van der Waals surface area contributed by atoms with Crippen molar-refractivity contribution in [2.75, 3.05) is 6.54 Å². The number of para-hydroxylation sites is 1. The molecule has 0 radical (unpaired) electrons. The number of benzene rings is 1. The van der Waals surface area contributed by atoms with Crippen molar-refractivity contribution in [3.63, 3.8) is 0 Å². The summed E-state index contributed by atoms with van der Waals surface area (Å²) in [6.45, 7) is 1.04. The lowest BCUT2D eigenvalue weighted by Crippen LogP contribution is -2.38. The molecule has 1 unspecified atom stereocenters. The van der Waals surface area contributed by atoms with Gasteiger partial charge in [-0.25, -0.2) is 4.68 Å². The Morgan fingerprint density at radius 1 is 1.22 bits per heavy atom. The van der Waals surface area contributed by atoms with Crippen LogP contribution in [0.5, 0.6) is 5.75 Å². The van der Waals surface area contributed by atoms with Gasteiger partial charge in [-0.3, -0.25) is 5.32 Å². The molecule has 18 heavy (non-hydrogen) atoms. The van der Waals surface area contributed by atoms with Gasteiger partial charge >= 0.3 is 0 Å². The smallest absolute Gasteiger partial charge is 0.160 e. The predicted octanol–water partition coefficient (Wildman–Crippen LogP) is 2.35. The molecule has 0 aliphatic carbocycles. The van der Waals surface area contributed by atoms with Crippen LogP contribution < -0.4 is 10.1 Å². The Morgan fingerprint density at radius 3 is 2.89 bits per heavy atom. The molecule has 1 aliphatic heterocycles. The zero-order valence-electron chi connectivity index (χ0n) is 10.2. The first kappa shape index (κ1) is 11.3. The van der Waals surface area contributed by atoms with E-state index in [0.29, 0.717) is 0 Å². The molecule has 0 bridgehead atoms. The first-order valence-corrected chi connectivity index (χ1v) is 6.42. The third kappa shape index (κ3) is 2.54. The van der Waals surface area contributed by atoms with Crippen LogP contribution in [-0.4, -0.2) is 22.6 Å². The number of hydrogen-bond acceptors (Lipinski definition) is 3. The van der Waals surface area contributed by atoms with Crippen molar-refractivity contribution in [1.82, 2.24) is 15.1 Å². The average molecular weight is 243 g/mol. The van der Waals surface area contributed by atoms with Crippen LogP contribution in [0.15, 0.2) is 42.7 Å². The summed E-state index contributed by atoms with van der Waals surface area (Å²) in [6, 6.07) is 10.0. The molecular weight excluding hydrogens is 226 g/mol. The van der Waals surface area contributed by atoms with Gasteiger partial charge in [-0.1, -0.05) is 18.2 Å². The summed E-state index contributed by atoms with van der Waals surface area (Å²) in [6.07, 6.45) is 7.35. The van der Waals surface area contributed by atoms with E-state index in [2.05, 4.69) is 10.4 Å². The Morgan fingerprint density at radius 2 is 2.11 bits per heavy atom. The molecule has 1 N–H and O–H groups in total. The van der Waals surface area contributed by atoms with Crippen molar-refractivity contribution in [2.45, 2.75) is 25.5 Å². The third-order valence-corrected chi connectivity index (χ3v) is 3.12. The van der Waals surface area contributed by atoms with Crippen LogP contribution >= 0.6 is 0 Å². The molecular formula is C14H17N3O. The van der Waals surface area contributed by atoms with Crippen LogP contribution in [0.3, 0.4) is 0 Å². The highest BCUT2D eigenvalue weighted by atomic mass is 16.5. The van der Waals surface area contributed by atoms with E-state index in [1.165, 1.54) is 12.8 Å². The van der Waals surface area contributed by atoms with Gasteiger partial charge in [-0.05, 0) is 37.9 Å². The molecule has 1 aliphatic rings. The fourth-order valence-electron chi connectivity index (χ4n) is 2.17. The molecule has 2 heterocycles. The van der Waals surface area contributed by atoms with Crippen molar-refractivity contribution < 1.29 is 4.74 Å². The summed E-state index contributed by atoms with van der Waals surface area (Å²) < 4.78 is 7.69. The van der Waals surface area contributed by atoms with Crippen LogP contribution in [0.1, 0.15) is 19.3 Å². The highest BCUT2D eigenvalue weighted by Crippen LogP contribution is 2.17. The van der Waals surface area contributed by atoms with Crippen LogP contribution in [0, 0.1) is 0 Å². The SMILES string of the molecule is c1ccc(-n2cc(OC3CCCCN3)cn2)cc1. The number of hydrogen-bond donors (Lipinski definition) is 1. The highest BCUT2D eigenvalue weighted by Gasteiger charge is 2.14. The van der Waals surface area contributed by atoms with Gasteiger partial charge in [0.2, 0.25) is 0 Å². The van der Waals surface area contributed by atoms with Gasteiger partial charge in [-0.15, -0.1) is 0 Å². The van der Waals surface area contributed by atoms with Crippen LogP contribution in [0.4, 0.5) is 0 Å². The lowest BCUT2D eigenvalue weighted by atomic mass is 10.1. The van der Waals surface area contributed by atoms with Gasteiger partial charge in [0, 0.05) is 0 Å². The Hall–Kier alpha value is -1.81. The van der Waals surface area contributed by atoms with Gasteiger partial charge in [0.05, 0.1) is 18.1 Å². The summed E-state index contributed by atoms with van der Waals surface area (Å²) in [5, 5.41) is 7.67. The minimum atomic E-state index is 0.132. The molecule has 3 rings (SSSR count). The normalized spacial score (nSPS) is 19.7. The lowest BCUT2D eigenvalue weighted by Gasteiger charge is -2.23. The molecule has 1 atom stereocenters. The summed E-state index contributed by atoms with van der Waals surface area (Å²) in [7, 11) is 0. The Balaban J connectivity index is 1.69. The maximum atomic E-state index is 5.86. The number of nitrogens with one attached hydrogen (secondary N) is 1. The molecule has 2 aromatic rings. The van der Waals surface area contributed by atoms with E-state index in [-0.39, 0.29) is 6.23 Å². The van der Waals surface area contributed by atoms with Crippen molar-refractivity contribution >= 4 is 0 Å². The number of piperidine rings is 1. The monoisotopic (exact) mass is 243 g/mol. The van der Waals surface area contributed by atoms with Crippen LogP contribution in [-0.2, 0) is 0 Å². The lowest BCUT2D eigenvalue weighted by molar-refractivity contribution is 0.132. The van der Waals surface area contributed by atoms with E-state index in [1.54, 1.807) is 6.20 Å². The van der Waals surface area contributed by atoms with Crippen molar-refractivity contribution in [2.24, 2.45) is 0 Å². The largest absolute Gasteiger partial charge is 0.472 e. The van der Waals surface area contributed by atoms with Gasteiger partial charge < -0.3 is 4.74 Å². The zero-order valence-corrected chi connectivity index (χ0v) is 10.2. The van der Waals surface area contributed by atoms with E-state index in [0.717, 1.165) is 24.4 Å². The Labute approximate surface area is 107 Å².